The topological polar surface area (TPSA) is 9.23 Å². The van der Waals surface area contributed by atoms with Crippen molar-refractivity contribution in [1.29, 1.82) is 0 Å². The molecule has 0 amide bonds. The second kappa shape index (κ2) is 4.70. The maximum Gasteiger partial charge on any atom is 0.119 e. The van der Waals surface area contributed by atoms with Crippen molar-refractivity contribution in [3.8, 4) is 5.75 Å². The molecule has 1 aromatic carbocycles. The fraction of sp³-hybridized carbons (Fsp3) is 0.333. The summed E-state index contributed by atoms with van der Waals surface area (Å²) in [4.78, 5) is 0. The van der Waals surface area contributed by atoms with Crippen molar-refractivity contribution >= 4 is 6.08 Å². The van der Waals surface area contributed by atoms with E-state index in [4.69, 9.17) is 4.74 Å². The zero-order chi connectivity index (χ0) is 9.68. The molecule has 0 N–H and O–H groups in total. The minimum atomic E-state index is 0.243. The van der Waals surface area contributed by atoms with E-state index in [-0.39, 0.29) is 6.10 Å². The number of benzene rings is 1. The van der Waals surface area contributed by atoms with Gasteiger partial charge in [-0.2, -0.15) is 0 Å². The summed E-state index contributed by atoms with van der Waals surface area (Å²) in [5.41, 5.74) is 1.21. The van der Waals surface area contributed by atoms with Gasteiger partial charge in [0.1, 0.15) is 5.75 Å². The van der Waals surface area contributed by atoms with Crippen molar-refractivity contribution in [3.05, 3.63) is 35.9 Å². The molecule has 0 aliphatic rings. The van der Waals surface area contributed by atoms with Crippen molar-refractivity contribution in [1.82, 2.24) is 0 Å². The van der Waals surface area contributed by atoms with Crippen molar-refractivity contribution < 1.29 is 4.74 Å². The van der Waals surface area contributed by atoms with Crippen LogP contribution in [0.5, 0.6) is 5.75 Å². The second-order valence-electron chi connectivity index (χ2n) is 3.24. The van der Waals surface area contributed by atoms with Gasteiger partial charge in [0.05, 0.1) is 6.10 Å². The van der Waals surface area contributed by atoms with E-state index in [1.165, 1.54) is 5.56 Å². The number of hydrogen-bond acceptors (Lipinski definition) is 1. The van der Waals surface area contributed by atoms with E-state index in [0.29, 0.717) is 0 Å². The lowest BCUT2D eigenvalue weighted by molar-refractivity contribution is 0.242. The van der Waals surface area contributed by atoms with E-state index in [1.54, 1.807) is 0 Å². The predicted molar refractivity (Wildman–Crippen MR) is 56.9 cm³/mol. The summed E-state index contributed by atoms with van der Waals surface area (Å²) in [6.07, 6.45) is 4.34. The van der Waals surface area contributed by atoms with Crippen LogP contribution in [-0.4, -0.2) is 6.10 Å². The van der Waals surface area contributed by atoms with E-state index >= 15 is 0 Å². The first-order valence-electron chi connectivity index (χ1n) is 4.62. The molecule has 0 spiro atoms. The van der Waals surface area contributed by atoms with E-state index < -0.39 is 0 Å². The summed E-state index contributed by atoms with van der Waals surface area (Å²) in [6.45, 7) is 6.07. The van der Waals surface area contributed by atoms with Crippen LogP contribution in [-0.2, 0) is 0 Å². The third-order valence-electron chi connectivity index (χ3n) is 1.61. The largest absolute Gasteiger partial charge is 0.491 e. The molecule has 0 atom stereocenters. The Hall–Kier alpha value is -1.24. The molecule has 1 nitrogen and oxygen atoms in total. The quantitative estimate of drug-likeness (QED) is 0.684. The van der Waals surface area contributed by atoms with Gasteiger partial charge in [-0.05, 0) is 38.5 Å². The number of allylic oxidation sites excluding steroid dienone is 1. The molecule has 0 aliphatic carbocycles. The highest BCUT2D eigenvalue weighted by molar-refractivity contribution is 5.50. The summed E-state index contributed by atoms with van der Waals surface area (Å²) >= 11 is 0. The molecule has 0 heterocycles. The lowest BCUT2D eigenvalue weighted by Crippen LogP contribution is -2.05. The molecule has 0 bridgehead atoms. The van der Waals surface area contributed by atoms with Gasteiger partial charge in [-0.15, -0.1) is 0 Å². The van der Waals surface area contributed by atoms with Gasteiger partial charge in [0.15, 0.2) is 0 Å². The number of rotatable bonds is 3. The minimum absolute atomic E-state index is 0.243. The van der Waals surface area contributed by atoms with Gasteiger partial charge in [0, 0.05) is 0 Å². The Balaban J connectivity index is 2.69. The molecule has 1 aromatic rings. The molecule has 0 fully saturated rings. The van der Waals surface area contributed by atoms with Crippen LogP contribution in [0.4, 0.5) is 0 Å². The molecule has 0 aliphatic heterocycles. The molecule has 1 heteroatoms. The first-order valence-corrected chi connectivity index (χ1v) is 4.62. The smallest absolute Gasteiger partial charge is 0.119 e. The van der Waals surface area contributed by atoms with E-state index in [2.05, 4.69) is 18.2 Å². The Bertz CT molecular complexity index is 270. The standard InChI is InChI=1S/C12H16O/c1-4-5-11-6-8-12(9-7-11)13-10(2)3/h4-10H,1-3H3/b5-4+. The van der Waals surface area contributed by atoms with Crippen molar-refractivity contribution in [2.45, 2.75) is 26.9 Å². The van der Waals surface area contributed by atoms with Gasteiger partial charge < -0.3 is 4.74 Å². The molecule has 0 unspecified atom stereocenters. The Morgan fingerprint density at radius 1 is 1.15 bits per heavy atom. The Labute approximate surface area is 80.0 Å². The maximum absolute atomic E-state index is 5.52. The summed E-state index contributed by atoms with van der Waals surface area (Å²) in [5.74, 6) is 0.934. The van der Waals surface area contributed by atoms with Gasteiger partial charge in [-0.25, -0.2) is 0 Å². The fourth-order valence-corrected chi connectivity index (χ4v) is 1.12. The lowest BCUT2D eigenvalue weighted by Gasteiger charge is -2.09. The number of hydrogen-bond donors (Lipinski definition) is 0. The van der Waals surface area contributed by atoms with Crippen molar-refractivity contribution in [3.63, 3.8) is 0 Å². The zero-order valence-electron chi connectivity index (χ0n) is 8.45. The highest BCUT2D eigenvalue weighted by Gasteiger charge is 1.95. The van der Waals surface area contributed by atoms with Crippen LogP contribution in [0.1, 0.15) is 26.3 Å². The summed E-state index contributed by atoms with van der Waals surface area (Å²) in [5, 5.41) is 0. The van der Waals surface area contributed by atoms with Crippen LogP contribution < -0.4 is 4.74 Å². The molecule has 70 valence electrons. The van der Waals surface area contributed by atoms with Crippen LogP contribution in [0.3, 0.4) is 0 Å². The summed E-state index contributed by atoms with van der Waals surface area (Å²) in [7, 11) is 0. The highest BCUT2D eigenvalue weighted by Crippen LogP contribution is 2.14. The highest BCUT2D eigenvalue weighted by atomic mass is 16.5. The first kappa shape index (κ1) is 9.85. The monoisotopic (exact) mass is 176 g/mol. The third kappa shape index (κ3) is 3.32. The Morgan fingerprint density at radius 3 is 2.23 bits per heavy atom. The van der Waals surface area contributed by atoms with Gasteiger partial charge in [0.25, 0.3) is 0 Å². The Morgan fingerprint density at radius 2 is 1.77 bits per heavy atom. The van der Waals surface area contributed by atoms with Gasteiger partial charge in [0.2, 0.25) is 0 Å². The van der Waals surface area contributed by atoms with Gasteiger partial charge in [-0.3, -0.25) is 0 Å². The minimum Gasteiger partial charge on any atom is -0.491 e. The summed E-state index contributed by atoms with van der Waals surface area (Å²) in [6, 6.07) is 8.10. The molecular weight excluding hydrogens is 160 g/mol. The predicted octanol–water partition coefficient (Wildman–Crippen LogP) is 3.51. The average Bonchev–Trinajstić information content (AvgIpc) is 2.08. The first-order chi connectivity index (χ1) is 6.22. The third-order valence-corrected chi connectivity index (χ3v) is 1.61. The molecule has 0 saturated heterocycles. The normalized spacial score (nSPS) is 11.1. The SMILES string of the molecule is C/C=C/c1ccc(OC(C)C)cc1. The molecule has 13 heavy (non-hydrogen) atoms. The second-order valence-corrected chi connectivity index (χ2v) is 3.24. The molecule has 0 radical (unpaired) electrons. The number of ether oxygens (including phenoxy) is 1. The lowest BCUT2D eigenvalue weighted by atomic mass is 10.2. The van der Waals surface area contributed by atoms with Crippen molar-refractivity contribution in [2.24, 2.45) is 0 Å². The molecule has 1 rings (SSSR count). The average molecular weight is 176 g/mol. The maximum atomic E-state index is 5.52. The van der Waals surface area contributed by atoms with Crippen LogP contribution in [0.25, 0.3) is 6.08 Å². The molecule has 0 aromatic heterocycles. The molecular formula is C12H16O. The van der Waals surface area contributed by atoms with Gasteiger partial charge >= 0.3 is 0 Å². The summed E-state index contributed by atoms with van der Waals surface area (Å²) < 4.78 is 5.52. The van der Waals surface area contributed by atoms with Crippen LogP contribution in [0.15, 0.2) is 30.3 Å². The zero-order valence-corrected chi connectivity index (χ0v) is 8.45. The van der Waals surface area contributed by atoms with E-state index in [9.17, 15) is 0 Å². The molecule has 0 saturated carbocycles. The van der Waals surface area contributed by atoms with E-state index in [0.717, 1.165) is 5.75 Å². The van der Waals surface area contributed by atoms with Crippen molar-refractivity contribution in [2.75, 3.05) is 0 Å². The van der Waals surface area contributed by atoms with Crippen LogP contribution >= 0.6 is 0 Å². The Kier molecular flexibility index (Phi) is 3.56. The van der Waals surface area contributed by atoms with E-state index in [1.807, 2.05) is 39.0 Å². The fourth-order valence-electron chi connectivity index (χ4n) is 1.12. The van der Waals surface area contributed by atoms with Crippen LogP contribution in [0.2, 0.25) is 0 Å². The van der Waals surface area contributed by atoms with Crippen LogP contribution in [0, 0.1) is 0 Å². The van der Waals surface area contributed by atoms with Gasteiger partial charge in [-0.1, -0.05) is 24.3 Å².